The van der Waals surface area contributed by atoms with E-state index >= 15 is 0 Å². The standard InChI is InChI=1S/C26H25NO6/c1-3-13-32-20-7-4-6-18(15-20)24(28)22-23(17-9-11-19(31-2)12-10-17)27(26(30)25(22)29)16-21-8-5-14-33-21/h4-12,14-15,23,28H,3,13,16H2,1-2H3. The molecule has 2 heterocycles. The maximum atomic E-state index is 13.1. The van der Waals surface area contributed by atoms with E-state index in [0.29, 0.717) is 35.0 Å². The Labute approximate surface area is 191 Å². The molecule has 0 radical (unpaired) electrons. The second kappa shape index (κ2) is 9.65. The highest BCUT2D eigenvalue weighted by Crippen LogP contribution is 2.41. The molecule has 7 nitrogen and oxygen atoms in total. The van der Waals surface area contributed by atoms with Crippen molar-refractivity contribution in [2.45, 2.75) is 25.9 Å². The lowest BCUT2D eigenvalue weighted by molar-refractivity contribution is -0.140. The number of rotatable bonds is 8. The quantitative estimate of drug-likeness (QED) is 0.306. The average molecular weight is 447 g/mol. The van der Waals surface area contributed by atoms with Crippen molar-refractivity contribution in [2.75, 3.05) is 13.7 Å². The summed E-state index contributed by atoms with van der Waals surface area (Å²) in [6, 6.07) is 16.6. The smallest absolute Gasteiger partial charge is 0.296 e. The number of aliphatic hydroxyl groups is 1. The van der Waals surface area contributed by atoms with Crippen LogP contribution in [0.5, 0.6) is 11.5 Å². The summed E-state index contributed by atoms with van der Waals surface area (Å²) in [6.07, 6.45) is 2.35. The Morgan fingerprint density at radius 1 is 1.06 bits per heavy atom. The third-order valence-corrected chi connectivity index (χ3v) is 5.46. The molecule has 4 rings (SSSR count). The summed E-state index contributed by atoms with van der Waals surface area (Å²) in [5.41, 5.74) is 1.09. The van der Waals surface area contributed by atoms with Crippen molar-refractivity contribution >= 4 is 17.4 Å². The molecule has 1 aromatic heterocycles. The fraction of sp³-hybridized carbons (Fsp3) is 0.231. The van der Waals surface area contributed by atoms with Gasteiger partial charge in [0.2, 0.25) is 0 Å². The van der Waals surface area contributed by atoms with E-state index in [1.165, 1.54) is 11.2 Å². The molecule has 1 aliphatic rings. The third kappa shape index (κ3) is 4.48. The molecular formula is C26H25NO6. The lowest BCUT2D eigenvalue weighted by atomic mass is 9.95. The maximum Gasteiger partial charge on any atom is 0.296 e. The van der Waals surface area contributed by atoms with Crippen LogP contribution >= 0.6 is 0 Å². The first-order chi connectivity index (χ1) is 16.0. The Morgan fingerprint density at radius 3 is 2.52 bits per heavy atom. The highest BCUT2D eigenvalue weighted by Gasteiger charge is 2.46. The van der Waals surface area contributed by atoms with Gasteiger partial charge in [0.25, 0.3) is 11.7 Å². The second-order valence-corrected chi connectivity index (χ2v) is 7.66. The number of carbonyl (C=O) groups is 2. The normalized spacial score (nSPS) is 17.4. The Balaban J connectivity index is 1.81. The molecule has 1 amide bonds. The number of ether oxygens (including phenoxy) is 2. The van der Waals surface area contributed by atoms with Crippen LogP contribution in [0, 0.1) is 0 Å². The largest absolute Gasteiger partial charge is 0.507 e. The Hall–Kier alpha value is -4.00. The fourth-order valence-corrected chi connectivity index (χ4v) is 3.85. The summed E-state index contributed by atoms with van der Waals surface area (Å²) in [6.45, 7) is 2.62. The Morgan fingerprint density at radius 2 is 1.85 bits per heavy atom. The number of ketones is 1. The van der Waals surface area contributed by atoms with E-state index in [4.69, 9.17) is 13.9 Å². The van der Waals surface area contributed by atoms with Crippen LogP contribution in [0.25, 0.3) is 5.76 Å². The van der Waals surface area contributed by atoms with Gasteiger partial charge in [-0.2, -0.15) is 0 Å². The molecule has 0 bridgehead atoms. The molecule has 1 aliphatic heterocycles. The zero-order valence-corrected chi connectivity index (χ0v) is 18.5. The summed E-state index contributed by atoms with van der Waals surface area (Å²) in [4.78, 5) is 27.6. The summed E-state index contributed by atoms with van der Waals surface area (Å²) < 4.78 is 16.3. The zero-order valence-electron chi connectivity index (χ0n) is 18.5. The van der Waals surface area contributed by atoms with Crippen molar-refractivity contribution in [1.82, 2.24) is 4.90 Å². The van der Waals surface area contributed by atoms with Crippen LogP contribution in [0.1, 0.15) is 36.3 Å². The number of amides is 1. The first-order valence-electron chi connectivity index (χ1n) is 10.7. The van der Waals surface area contributed by atoms with Crippen molar-refractivity contribution in [1.29, 1.82) is 0 Å². The molecule has 0 saturated carbocycles. The summed E-state index contributed by atoms with van der Waals surface area (Å²) >= 11 is 0. The number of aliphatic hydroxyl groups excluding tert-OH is 1. The molecule has 170 valence electrons. The molecule has 1 unspecified atom stereocenters. The van der Waals surface area contributed by atoms with Gasteiger partial charge in [0.1, 0.15) is 23.0 Å². The highest BCUT2D eigenvalue weighted by atomic mass is 16.5. The van der Waals surface area contributed by atoms with E-state index in [1.54, 1.807) is 67.8 Å². The molecule has 1 N–H and O–H groups in total. The molecule has 1 fully saturated rings. The number of hydrogen-bond donors (Lipinski definition) is 1. The fourth-order valence-electron chi connectivity index (χ4n) is 3.85. The van der Waals surface area contributed by atoms with E-state index < -0.39 is 17.7 Å². The number of carbonyl (C=O) groups excluding carboxylic acids is 2. The van der Waals surface area contributed by atoms with Crippen molar-refractivity contribution in [3.05, 3.63) is 89.4 Å². The Bertz CT molecular complexity index is 1160. The lowest BCUT2D eigenvalue weighted by Gasteiger charge is -2.24. The van der Waals surface area contributed by atoms with Gasteiger partial charge in [-0.1, -0.05) is 31.2 Å². The number of furan rings is 1. The number of methoxy groups -OCH3 is 1. The van der Waals surface area contributed by atoms with Crippen molar-refractivity contribution in [3.8, 4) is 11.5 Å². The van der Waals surface area contributed by atoms with Crippen LogP contribution in [0.15, 0.2) is 76.9 Å². The van der Waals surface area contributed by atoms with E-state index in [0.717, 1.165) is 6.42 Å². The number of Topliss-reactive ketones (excluding diaryl/α,β-unsaturated/α-hetero) is 1. The second-order valence-electron chi connectivity index (χ2n) is 7.66. The summed E-state index contributed by atoms with van der Waals surface area (Å²) in [5.74, 6) is 0.0459. The summed E-state index contributed by atoms with van der Waals surface area (Å²) in [5, 5.41) is 11.2. The zero-order chi connectivity index (χ0) is 23.4. The number of benzene rings is 2. The molecule has 7 heteroatoms. The van der Waals surface area contributed by atoms with Crippen molar-refractivity contribution in [2.24, 2.45) is 0 Å². The molecule has 1 saturated heterocycles. The van der Waals surface area contributed by atoms with E-state index in [2.05, 4.69) is 0 Å². The predicted molar refractivity (Wildman–Crippen MR) is 122 cm³/mol. The Kier molecular flexibility index (Phi) is 6.49. The number of nitrogens with zero attached hydrogens (tertiary/aromatic N) is 1. The predicted octanol–water partition coefficient (Wildman–Crippen LogP) is 4.70. The van der Waals surface area contributed by atoms with Gasteiger partial charge in [0, 0.05) is 5.56 Å². The van der Waals surface area contributed by atoms with Gasteiger partial charge in [-0.3, -0.25) is 9.59 Å². The van der Waals surface area contributed by atoms with E-state index in [1.807, 2.05) is 6.92 Å². The van der Waals surface area contributed by atoms with Gasteiger partial charge in [0.15, 0.2) is 0 Å². The van der Waals surface area contributed by atoms with E-state index in [9.17, 15) is 14.7 Å². The number of hydrogen-bond acceptors (Lipinski definition) is 6. The highest BCUT2D eigenvalue weighted by molar-refractivity contribution is 6.46. The lowest BCUT2D eigenvalue weighted by Crippen LogP contribution is -2.29. The monoisotopic (exact) mass is 447 g/mol. The SMILES string of the molecule is CCCOc1cccc(C(O)=C2C(=O)C(=O)N(Cc3ccco3)C2c2ccc(OC)cc2)c1. The van der Waals surface area contributed by atoms with Crippen LogP contribution < -0.4 is 9.47 Å². The average Bonchev–Trinajstić information content (AvgIpc) is 3.45. The minimum Gasteiger partial charge on any atom is -0.507 e. The molecule has 3 aromatic rings. The van der Waals surface area contributed by atoms with Gasteiger partial charge in [-0.15, -0.1) is 0 Å². The van der Waals surface area contributed by atoms with Gasteiger partial charge in [-0.25, -0.2) is 0 Å². The molecule has 0 spiro atoms. The van der Waals surface area contributed by atoms with Crippen molar-refractivity contribution < 1.29 is 28.6 Å². The van der Waals surface area contributed by atoms with Crippen LogP contribution in [0.2, 0.25) is 0 Å². The van der Waals surface area contributed by atoms with E-state index in [-0.39, 0.29) is 17.9 Å². The van der Waals surface area contributed by atoms with Gasteiger partial charge in [-0.05, 0) is 48.4 Å². The molecule has 0 aliphatic carbocycles. The third-order valence-electron chi connectivity index (χ3n) is 5.46. The van der Waals surface area contributed by atoms with Crippen LogP contribution in [0.4, 0.5) is 0 Å². The summed E-state index contributed by atoms with van der Waals surface area (Å²) in [7, 11) is 1.56. The number of likely N-dealkylation sites (tertiary alicyclic amines) is 1. The van der Waals surface area contributed by atoms with Crippen LogP contribution in [-0.2, 0) is 16.1 Å². The van der Waals surface area contributed by atoms with Crippen LogP contribution in [-0.4, -0.2) is 35.4 Å². The minimum atomic E-state index is -0.791. The molecule has 33 heavy (non-hydrogen) atoms. The minimum absolute atomic E-state index is 0.0179. The molecule has 2 aromatic carbocycles. The molecular weight excluding hydrogens is 422 g/mol. The van der Waals surface area contributed by atoms with Gasteiger partial charge < -0.3 is 23.9 Å². The first-order valence-corrected chi connectivity index (χ1v) is 10.7. The topological polar surface area (TPSA) is 89.2 Å². The van der Waals surface area contributed by atoms with Gasteiger partial charge in [0.05, 0.1) is 38.1 Å². The van der Waals surface area contributed by atoms with Crippen LogP contribution in [0.3, 0.4) is 0 Å². The maximum absolute atomic E-state index is 13.1. The van der Waals surface area contributed by atoms with Gasteiger partial charge >= 0.3 is 0 Å². The van der Waals surface area contributed by atoms with Crippen molar-refractivity contribution in [3.63, 3.8) is 0 Å². The molecule has 1 atom stereocenters. The first kappa shape index (κ1) is 22.2.